The molecule has 16 heavy (non-hydrogen) atoms. The van der Waals surface area contributed by atoms with E-state index < -0.39 is 5.41 Å². The van der Waals surface area contributed by atoms with E-state index in [0.29, 0.717) is 0 Å². The molecule has 0 aromatic rings. The summed E-state index contributed by atoms with van der Waals surface area (Å²) in [5.74, 6) is 0.191. The number of carbonyl (C=O) groups excluding carboxylic acids is 1. The monoisotopic (exact) mass is 226 g/mol. The summed E-state index contributed by atoms with van der Waals surface area (Å²) in [5, 5.41) is 12.8. The lowest BCUT2D eigenvalue weighted by atomic mass is 9.73. The van der Waals surface area contributed by atoms with Gasteiger partial charge in [0.05, 0.1) is 12.0 Å². The Labute approximate surface area is 97.0 Å². The molecule has 4 nitrogen and oxygen atoms in total. The molecule has 1 heterocycles. The summed E-state index contributed by atoms with van der Waals surface area (Å²) in [6, 6.07) is 0. The Bertz CT molecular complexity index is 243. The van der Waals surface area contributed by atoms with E-state index in [2.05, 4.69) is 5.32 Å². The van der Waals surface area contributed by atoms with Crippen molar-refractivity contribution in [3.05, 3.63) is 0 Å². The van der Waals surface area contributed by atoms with Crippen LogP contribution in [0.2, 0.25) is 0 Å². The van der Waals surface area contributed by atoms with Gasteiger partial charge in [-0.15, -0.1) is 0 Å². The highest BCUT2D eigenvalue weighted by molar-refractivity contribution is 5.83. The molecule has 92 valence electrons. The van der Waals surface area contributed by atoms with E-state index >= 15 is 0 Å². The zero-order valence-corrected chi connectivity index (χ0v) is 9.87. The van der Waals surface area contributed by atoms with Crippen LogP contribution in [0.1, 0.15) is 32.1 Å². The van der Waals surface area contributed by atoms with Crippen molar-refractivity contribution in [2.24, 2.45) is 5.41 Å². The third-order valence-corrected chi connectivity index (χ3v) is 3.97. The van der Waals surface area contributed by atoms with Crippen LogP contribution in [0.25, 0.3) is 0 Å². The lowest BCUT2D eigenvalue weighted by Crippen LogP contribution is -2.53. The summed E-state index contributed by atoms with van der Waals surface area (Å²) in [6.07, 6.45) is 5.10. The predicted molar refractivity (Wildman–Crippen MR) is 62.1 cm³/mol. The first kappa shape index (κ1) is 11.9. The number of aliphatic hydroxyl groups is 1. The first-order valence-corrected chi connectivity index (χ1v) is 6.39. The van der Waals surface area contributed by atoms with Gasteiger partial charge in [0, 0.05) is 26.2 Å². The van der Waals surface area contributed by atoms with Crippen LogP contribution >= 0.6 is 0 Å². The van der Waals surface area contributed by atoms with Crippen LogP contribution in [0.4, 0.5) is 0 Å². The van der Waals surface area contributed by atoms with E-state index in [-0.39, 0.29) is 12.5 Å². The van der Waals surface area contributed by atoms with Crippen LogP contribution in [-0.4, -0.2) is 48.7 Å². The highest BCUT2D eigenvalue weighted by atomic mass is 16.3. The summed E-state index contributed by atoms with van der Waals surface area (Å²) >= 11 is 0. The molecule has 0 unspecified atom stereocenters. The molecular formula is C12H22N2O2. The normalized spacial score (nSPS) is 25.4. The topological polar surface area (TPSA) is 52.6 Å². The largest absolute Gasteiger partial charge is 0.395 e. The van der Waals surface area contributed by atoms with Crippen molar-refractivity contribution in [1.29, 1.82) is 0 Å². The Morgan fingerprint density at radius 1 is 1.19 bits per heavy atom. The van der Waals surface area contributed by atoms with Gasteiger partial charge in [0.1, 0.15) is 0 Å². The van der Waals surface area contributed by atoms with Crippen molar-refractivity contribution in [2.45, 2.75) is 32.1 Å². The molecule has 2 aliphatic rings. The van der Waals surface area contributed by atoms with Crippen molar-refractivity contribution in [1.82, 2.24) is 10.2 Å². The molecule has 0 atom stereocenters. The fraction of sp³-hybridized carbons (Fsp3) is 0.917. The summed E-state index contributed by atoms with van der Waals surface area (Å²) < 4.78 is 0. The minimum atomic E-state index is -0.449. The van der Waals surface area contributed by atoms with Gasteiger partial charge < -0.3 is 15.3 Å². The molecule has 1 amide bonds. The second-order valence-corrected chi connectivity index (χ2v) is 5.04. The van der Waals surface area contributed by atoms with Crippen LogP contribution < -0.4 is 5.32 Å². The summed E-state index contributed by atoms with van der Waals surface area (Å²) in [4.78, 5) is 14.4. The molecule has 0 radical (unpaired) electrons. The van der Waals surface area contributed by atoms with E-state index in [9.17, 15) is 9.90 Å². The van der Waals surface area contributed by atoms with Gasteiger partial charge >= 0.3 is 0 Å². The second kappa shape index (κ2) is 5.15. The number of piperazine rings is 1. The van der Waals surface area contributed by atoms with Crippen LogP contribution in [0.5, 0.6) is 0 Å². The average molecular weight is 226 g/mol. The van der Waals surface area contributed by atoms with Crippen LogP contribution in [-0.2, 0) is 4.79 Å². The maximum atomic E-state index is 12.4. The summed E-state index contributed by atoms with van der Waals surface area (Å²) in [6.45, 7) is 3.37. The van der Waals surface area contributed by atoms with E-state index in [1.165, 1.54) is 6.42 Å². The number of carbonyl (C=O) groups is 1. The smallest absolute Gasteiger partial charge is 0.231 e. The molecule has 2 N–H and O–H groups in total. The van der Waals surface area contributed by atoms with E-state index in [1.807, 2.05) is 4.90 Å². The fourth-order valence-corrected chi connectivity index (χ4v) is 2.87. The Morgan fingerprint density at radius 3 is 2.38 bits per heavy atom. The molecule has 1 aliphatic heterocycles. The summed E-state index contributed by atoms with van der Waals surface area (Å²) in [5.41, 5.74) is -0.449. The van der Waals surface area contributed by atoms with Gasteiger partial charge in [0.25, 0.3) is 0 Å². The van der Waals surface area contributed by atoms with Crippen LogP contribution in [0.3, 0.4) is 0 Å². The standard InChI is InChI=1S/C12H22N2O2/c15-10-12(4-2-1-3-5-12)11(16)14-8-6-13-7-9-14/h13,15H,1-10H2. The minimum Gasteiger partial charge on any atom is -0.395 e. The Balaban J connectivity index is 2.04. The van der Waals surface area contributed by atoms with Crippen molar-refractivity contribution < 1.29 is 9.90 Å². The van der Waals surface area contributed by atoms with E-state index in [4.69, 9.17) is 0 Å². The molecule has 2 fully saturated rings. The Kier molecular flexibility index (Phi) is 3.82. The lowest BCUT2D eigenvalue weighted by molar-refractivity contribution is -0.147. The first-order chi connectivity index (χ1) is 7.78. The Morgan fingerprint density at radius 2 is 1.81 bits per heavy atom. The number of aliphatic hydroxyl groups excluding tert-OH is 1. The Hall–Kier alpha value is -0.610. The van der Waals surface area contributed by atoms with Gasteiger partial charge in [0.2, 0.25) is 5.91 Å². The van der Waals surface area contributed by atoms with Crippen molar-refractivity contribution in [3.8, 4) is 0 Å². The number of nitrogens with one attached hydrogen (secondary N) is 1. The van der Waals surface area contributed by atoms with Crippen molar-refractivity contribution >= 4 is 5.91 Å². The molecule has 1 aliphatic carbocycles. The minimum absolute atomic E-state index is 0.0236. The molecular weight excluding hydrogens is 204 g/mol. The average Bonchev–Trinajstić information content (AvgIpc) is 2.39. The van der Waals surface area contributed by atoms with Gasteiger partial charge in [-0.2, -0.15) is 0 Å². The maximum absolute atomic E-state index is 12.4. The zero-order valence-electron chi connectivity index (χ0n) is 9.87. The lowest BCUT2D eigenvalue weighted by Gasteiger charge is -2.40. The molecule has 0 aromatic carbocycles. The van der Waals surface area contributed by atoms with Gasteiger partial charge in [-0.05, 0) is 12.8 Å². The van der Waals surface area contributed by atoms with E-state index in [0.717, 1.165) is 51.9 Å². The van der Waals surface area contributed by atoms with Crippen LogP contribution in [0, 0.1) is 5.41 Å². The van der Waals surface area contributed by atoms with Crippen molar-refractivity contribution in [2.75, 3.05) is 32.8 Å². The van der Waals surface area contributed by atoms with Gasteiger partial charge in [0.15, 0.2) is 0 Å². The number of rotatable bonds is 2. The molecule has 1 saturated heterocycles. The van der Waals surface area contributed by atoms with Crippen LogP contribution in [0.15, 0.2) is 0 Å². The summed E-state index contributed by atoms with van der Waals surface area (Å²) in [7, 11) is 0. The van der Waals surface area contributed by atoms with E-state index in [1.54, 1.807) is 0 Å². The first-order valence-electron chi connectivity index (χ1n) is 6.39. The van der Waals surface area contributed by atoms with Gasteiger partial charge in [-0.3, -0.25) is 4.79 Å². The number of hydrogen-bond donors (Lipinski definition) is 2. The number of hydrogen-bond acceptors (Lipinski definition) is 3. The molecule has 4 heteroatoms. The van der Waals surface area contributed by atoms with Gasteiger partial charge in [-0.1, -0.05) is 19.3 Å². The zero-order chi connectivity index (χ0) is 11.4. The quantitative estimate of drug-likeness (QED) is 0.715. The highest BCUT2D eigenvalue weighted by Gasteiger charge is 2.41. The highest BCUT2D eigenvalue weighted by Crippen LogP contribution is 2.37. The fourth-order valence-electron chi connectivity index (χ4n) is 2.87. The SMILES string of the molecule is O=C(N1CCNCC1)C1(CO)CCCCC1. The molecule has 0 aromatic heterocycles. The maximum Gasteiger partial charge on any atom is 0.231 e. The molecule has 0 spiro atoms. The third kappa shape index (κ3) is 2.23. The van der Waals surface area contributed by atoms with Gasteiger partial charge in [-0.25, -0.2) is 0 Å². The predicted octanol–water partition coefficient (Wildman–Crippen LogP) is 0.361. The second-order valence-electron chi connectivity index (χ2n) is 5.04. The molecule has 2 rings (SSSR count). The number of nitrogens with zero attached hydrogens (tertiary/aromatic N) is 1. The molecule has 1 saturated carbocycles. The third-order valence-electron chi connectivity index (χ3n) is 3.97. The van der Waals surface area contributed by atoms with Crippen molar-refractivity contribution in [3.63, 3.8) is 0 Å². The molecule has 0 bridgehead atoms. The number of amides is 1.